The van der Waals surface area contributed by atoms with Crippen molar-refractivity contribution in [3.05, 3.63) is 46.1 Å². The molecular formula is C26H34N4O3S. The van der Waals surface area contributed by atoms with E-state index in [1.54, 1.807) is 18.3 Å². The first-order valence-electron chi connectivity index (χ1n) is 12.4. The first kappa shape index (κ1) is 24.4. The lowest BCUT2D eigenvalue weighted by Crippen LogP contribution is -2.44. The van der Waals surface area contributed by atoms with E-state index in [4.69, 9.17) is 0 Å². The maximum absolute atomic E-state index is 13.7. The van der Waals surface area contributed by atoms with Gasteiger partial charge < -0.3 is 15.1 Å². The molecule has 3 amide bonds. The summed E-state index contributed by atoms with van der Waals surface area (Å²) >= 11 is 1.53. The molecule has 7 nitrogen and oxygen atoms in total. The zero-order valence-electron chi connectivity index (χ0n) is 20.1. The van der Waals surface area contributed by atoms with Gasteiger partial charge in [0, 0.05) is 49.9 Å². The number of hydrogen-bond acceptors (Lipinski definition) is 5. The van der Waals surface area contributed by atoms with Gasteiger partial charge in [-0.3, -0.25) is 19.4 Å². The number of thiophene rings is 1. The number of pyridine rings is 1. The largest absolute Gasteiger partial charge is 0.346 e. The minimum absolute atomic E-state index is 0.0213. The van der Waals surface area contributed by atoms with Crippen LogP contribution in [0, 0.1) is 5.92 Å². The van der Waals surface area contributed by atoms with Crippen molar-refractivity contribution in [3.8, 4) is 0 Å². The number of aryl methyl sites for hydroxylation is 1. The molecule has 0 radical (unpaired) electrons. The van der Waals surface area contributed by atoms with Gasteiger partial charge in [0.1, 0.15) is 5.00 Å². The summed E-state index contributed by atoms with van der Waals surface area (Å²) in [6.07, 6.45) is 10.6. The van der Waals surface area contributed by atoms with E-state index in [9.17, 15) is 14.4 Å². The van der Waals surface area contributed by atoms with E-state index in [-0.39, 0.29) is 23.6 Å². The van der Waals surface area contributed by atoms with Crippen molar-refractivity contribution in [1.82, 2.24) is 14.8 Å². The molecule has 34 heavy (non-hydrogen) atoms. The van der Waals surface area contributed by atoms with Gasteiger partial charge >= 0.3 is 0 Å². The van der Waals surface area contributed by atoms with Gasteiger partial charge in [-0.1, -0.05) is 13.3 Å². The van der Waals surface area contributed by atoms with Crippen LogP contribution in [0.4, 0.5) is 5.00 Å². The standard InChI is InChI=1S/C26H34N4O3S/c1-3-4-14-29(2)25(32)18-11-15-30(16-12-18)26(33)22-20-9-5-6-10-21(20)34-24(22)28-23(31)19-8-7-13-27-17-19/h7-8,13,17-18H,3-6,9-12,14-16H2,1-2H3,(H,28,31). The minimum Gasteiger partial charge on any atom is -0.346 e. The molecular weight excluding hydrogens is 448 g/mol. The van der Waals surface area contributed by atoms with Crippen LogP contribution in [0.2, 0.25) is 0 Å². The van der Waals surface area contributed by atoms with Crippen molar-refractivity contribution in [1.29, 1.82) is 0 Å². The van der Waals surface area contributed by atoms with Crippen LogP contribution in [0.15, 0.2) is 24.5 Å². The van der Waals surface area contributed by atoms with Crippen molar-refractivity contribution in [3.63, 3.8) is 0 Å². The lowest BCUT2D eigenvalue weighted by atomic mass is 9.92. The van der Waals surface area contributed by atoms with Crippen LogP contribution in [0.5, 0.6) is 0 Å². The monoisotopic (exact) mass is 482 g/mol. The average molecular weight is 483 g/mol. The van der Waals surface area contributed by atoms with E-state index in [1.807, 2.05) is 16.8 Å². The predicted molar refractivity (Wildman–Crippen MR) is 134 cm³/mol. The van der Waals surface area contributed by atoms with E-state index in [0.717, 1.165) is 50.6 Å². The van der Waals surface area contributed by atoms with Gasteiger partial charge in [-0.05, 0) is 62.6 Å². The number of likely N-dealkylation sites (tertiary alicyclic amines) is 1. The first-order valence-corrected chi connectivity index (χ1v) is 13.2. The molecule has 0 saturated carbocycles. The maximum Gasteiger partial charge on any atom is 0.257 e. The van der Waals surface area contributed by atoms with Gasteiger partial charge in [-0.2, -0.15) is 0 Å². The number of piperidine rings is 1. The van der Waals surface area contributed by atoms with E-state index in [1.165, 1.54) is 22.4 Å². The zero-order chi connectivity index (χ0) is 24.1. The highest BCUT2D eigenvalue weighted by Gasteiger charge is 2.33. The van der Waals surface area contributed by atoms with Gasteiger partial charge in [0.05, 0.1) is 11.1 Å². The van der Waals surface area contributed by atoms with Crippen molar-refractivity contribution in [2.24, 2.45) is 5.92 Å². The molecule has 0 atom stereocenters. The third-order valence-electron chi connectivity index (χ3n) is 6.89. The van der Waals surface area contributed by atoms with Crippen molar-refractivity contribution in [2.45, 2.75) is 58.3 Å². The van der Waals surface area contributed by atoms with Crippen LogP contribution in [0.1, 0.15) is 76.6 Å². The highest BCUT2D eigenvalue weighted by molar-refractivity contribution is 7.17. The number of aromatic nitrogens is 1. The number of anilines is 1. The van der Waals surface area contributed by atoms with Crippen molar-refractivity contribution >= 4 is 34.1 Å². The fraction of sp³-hybridized carbons (Fsp3) is 0.538. The Morgan fingerprint density at radius 1 is 1.21 bits per heavy atom. The molecule has 1 saturated heterocycles. The second kappa shape index (κ2) is 11.1. The third-order valence-corrected chi connectivity index (χ3v) is 8.10. The van der Waals surface area contributed by atoms with Crippen LogP contribution < -0.4 is 5.32 Å². The van der Waals surface area contributed by atoms with Crippen LogP contribution in [0.3, 0.4) is 0 Å². The summed E-state index contributed by atoms with van der Waals surface area (Å²) in [7, 11) is 1.88. The smallest absolute Gasteiger partial charge is 0.257 e. The Labute approximate surface area is 205 Å². The van der Waals surface area contributed by atoms with Gasteiger partial charge in [0.2, 0.25) is 5.91 Å². The Morgan fingerprint density at radius 2 is 1.97 bits per heavy atom. The molecule has 0 spiro atoms. The minimum atomic E-state index is -0.250. The summed E-state index contributed by atoms with van der Waals surface area (Å²) in [5.41, 5.74) is 2.22. The zero-order valence-corrected chi connectivity index (χ0v) is 21.0. The number of hydrogen-bond donors (Lipinski definition) is 1. The van der Waals surface area contributed by atoms with E-state index >= 15 is 0 Å². The van der Waals surface area contributed by atoms with Crippen LogP contribution in [-0.4, -0.2) is 59.2 Å². The molecule has 1 aliphatic carbocycles. The van der Waals surface area contributed by atoms with Crippen molar-refractivity contribution in [2.75, 3.05) is 32.0 Å². The van der Waals surface area contributed by atoms with E-state index in [0.29, 0.717) is 42.1 Å². The van der Waals surface area contributed by atoms with Gasteiger partial charge in [0.15, 0.2) is 0 Å². The molecule has 0 unspecified atom stereocenters. The highest BCUT2D eigenvalue weighted by Crippen LogP contribution is 2.39. The average Bonchev–Trinajstić information content (AvgIpc) is 3.24. The molecule has 2 aliphatic rings. The van der Waals surface area contributed by atoms with Gasteiger partial charge in [-0.25, -0.2) is 0 Å². The normalized spacial score (nSPS) is 16.1. The number of fused-ring (bicyclic) bond motifs is 1. The maximum atomic E-state index is 13.7. The molecule has 3 heterocycles. The summed E-state index contributed by atoms with van der Waals surface area (Å²) in [4.78, 5) is 48.2. The number of amides is 3. The molecule has 1 N–H and O–H groups in total. The Hall–Kier alpha value is -2.74. The topological polar surface area (TPSA) is 82.6 Å². The molecule has 2 aromatic heterocycles. The summed E-state index contributed by atoms with van der Waals surface area (Å²) in [6, 6.07) is 3.45. The highest BCUT2D eigenvalue weighted by atomic mass is 32.1. The number of nitrogens with zero attached hydrogens (tertiary/aromatic N) is 3. The lowest BCUT2D eigenvalue weighted by Gasteiger charge is -2.33. The number of carbonyl (C=O) groups is 3. The summed E-state index contributed by atoms with van der Waals surface area (Å²) in [5, 5.41) is 3.64. The molecule has 1 aliphatic heterocycles. The summed E-state index contributed by atoms with van der Waals surface area (Å²) < 4.78 is 0. The van der Waals surface area contributed by atoms with Crippen LogP contribution >= 0.6 is 11.3 Å². The van der Waals surface area contributed by atoms with Crippen LogP contribution in [-0.2, 0) is 17.6 Å². The second-order valence-corrected chi connectivity index (χ2v) is 10.4. The SMILES string of the molecule is CCCCN(C)C(=O)C1CCN(C(=O)c2c(NC(=O)c3cccnc3)sc3c2CCCC3)CC1. The fourth-order valence-corrected chi connectivity index (χ4v) is 6.13. The van der Waals surface area contributed by atoms with Crippen LogP contribution in [0.25, 0.3) is 0 Å². The first-order chi connectivity index (χ1) is 16.5. The number of unbranched alkanes of at least 4 members (excludes halogenated alkanes) is 1. The van der Waals surface area contributed by atoms with E-state index < -0.39 is 0 Å². The van der Waals surface area contributed by atoms with Gasteiger partial charge in [0.25, 0.3) is 11.8 Å². The fourth-order valence-electron chi connectivity index (χ4n) is 4.86. The van der Waals surface area contributed by atoms with Gasteiger partial charge in [-0.15, -0.1) is 11.3 Å². The molecule has 182 valence electrons. The lowest BCUT2D eigenvalue weighted by molar-refractivity contribution is -0.135. The molecule has 0 bridgehead atoms. The Kier molecular flexibility index (Phi) is 7.98. The Balaban J connectivity index is 1.48. The second-order valence-electron chi connectivity index (χ2n) is 9.29. The predicted octanol–water partition coefficient (Wildman–Crippen LogP) is 4.38. The number of nitrogens with one attached hydrogen (secondary N) is 1. The number of carbonyl (C=O) groups excluding carboxylic acids is 3. The molecule has 0 aromatic carbocycles. The van der Waals surface area contributed by atoms with E-state index in [2.05, 4.69) is 17.2 Å². The summed E-state index contributed by atoms with van der Waals surface area (Å²) in [6.45, 7) is 4.05. The Bertz CT molecular complexity index is 1030. The number of rotatable bonds is 7. The third kappa shape index (κ3) is 5.32. The molecule has 1 fully saturated rings. The molecule has 8 heteroatoms. The Morgan fingerprint density at radius 3 is 2.68 bits per heavy atom. The van der Waals surface area contributed by atoms with Crippen molar-refractivity contribution < 1.29 is 14.4 Å². The quantitative estimate of drug-likeness (QED) is 0.635. The molecule has 4 rings (SSSR count). The molecule has 2 aromatic rings. The summed E-state index contributed by atoms with van der Waals surface area (Å²) in [5.74, 6) is -0.101.